The summed E-state index contributed by atoms with van der Waals surface area (Å²) in [6.07, 6.45) is 2.84. The Labute approximate surface area is 135 Å². The molecule has 0 spiro atoms. The fourth-order valence-electron chi connectivity index (χ4n) is 1.47. The highest BCUT2D eigenvalue weighted by Crippen LogP contribution is 2.27. The van der Waals surface area contributed by atoms with Crippen LogP contribution in [0.5, 0.6) is 5.75 Å². The topological polar surface area (TPSA) is 44.8 Å². The molecule has 0 aliphatic carbocycles. The quantitative estimate of drug-likeness (QED) is 0.477. The molecule has 6 heteroatoms. The van der Waals surface area contributed by atoms with Gasteiger partial charge in [-0.1, -0.05) is 36.5 Å². The van der Waals surface area contributed by atoms with E-state index in [1.165, 1.54) is 0 Å². The van der Waals surface area contributed by atoms with Gasteiger partial charge in [0.2, 0.25) is 0 Å². The third-order valence-corrected chi connectivity index (χ3v) is 3.11. The van der Waals surface area contributed by atoms with E-state index in [4.69, 9.17) is 37.4 Å². The van der Waals surface area contributed by atoms with Crippen LogP contribution in [-0.2, 0) is 14.3 Å². The summed E-state index contributed by atoms with van der Waals surface area (Å²) < 4.78 is 15.6. The first-order valence-corrected chi connectivity index (χ1v) is 7.70. The Kier molecular flexibility index (Phi) is 9.22. The molecule has 0 aliphatic heterocycles. The van der Waals surface area contributed by atoms with Crippen LogP contribution >= 0.6 is 23.2 Å². The summed E-state index contributed by atoms with van der Waals surface area (Å²) in [5.41, 5.74) is 0. The zero-order valence-corrected chi connectivity index (χ0v) is 13.6. The van der Waals surface area contributed by atoms with Gasteiger partial charge in [-0.2, -0.15) is 0 Å². The summed E-state index contributed by atoms with van der Waals surface area (Å²) >= 11 is 11.7. The van der Waals surface area contributed by atoms with Crippen molar-refractivity contribution >= 4 is 29.2 Å². The van der Waals surface area contributed by atoms with Crippen molar-refractivity contribution < 1.29 is 19.0 Å². The number of carbonyl (C=O) groups is 1. The number of rotatable bonds is 10. The summed E-state index contributed by atoms with van der Waals surface area (Å²) in [5.74, 6) is -0.0320. The lowest BCUT2D eigenvalue weighted by Gasteiger charge is -2.08. The molecule has 0 aromatic heterocycles. The smallest absolute Gasteiger partial charge is 0.344 e. The molecule has 0 unspecified atom stereocenters. The summed E-state index contributed by atoms with van der Waals surface area (Å²) in [5, 5.41) is 0.873. The van der Waals surface area contributed by atoms with Crippen LogP contribution in [0.25, 0.3) is 0 Å². The Bertz CT molecular complexity index is 438. The van der Waals surface area contributed by atoms with Gasteiger partial charge in [-0.15, -0.1) is 0 Å². The van der Waals surface area contributed by atoms with Crippen molar-refractivity contribution in [2.24, 2.45) is 0 Å². The molecule has 118 valence electrons. The molecule has 0 heterocycles. The Morgan fingerprint density at radius 2 is 1.90 bits per heavy atom. The van der Waals surface area contributed by atoms with E-state index in [-0.39, 0.29) is 6.61 Å². The maximum Gasteiger partial charge on any atom is 0.344 e. The van der Waals surface area contributed by atoms with Gasteiger partial charge in [0.1, 0.15) is 5.75 Å². The van der Waals surface area contributed by atoms with E-state index < -0.39 is 5.97 Å². The lowest BCUT2D eigenvalue weighted by molar-refractivity contribution is -0.146. The molecule has 1 aromatic carbocycles. The Morgan fingerprint density at radius 3 is 2.62 bits per heavy atom. The van der Waals surface area contributed by atoms with Crippen molar-refractivity contribution in [2.75, 3.05) is 26.4 Å². The van der Waals surface area contributed by atoms with Crippen molar-refractivity contribution in [3.05, 3.63) is 28.2 Å². The Balaban J connectivity index is 2.11. The molecule has 0 radical (unpaired) electrons. The van der Waals surface area contributed by atoms with Crippen LogP contribution in [-0.4, -0.2) is 32.4 Å². The molecule has 0 saturated carbocycles. The second-order valence-electron chi connectivity index (χ2n) is 4.40. The SMILES string of the molecule is CCCCOCCCOC(=O)COc1ccc(Cl)cc1Cl. The van der Waals surface area contributed by atoms with Gasteiger partial charge in [0.15, 0.2) is 6.61 Å². The van der Waals surface area contributed by atoms with Gasteiger partial charge in [-0.3, -0.25) is 0 Å². The van der Waals surface area contributed by atoms with Crippen molar-refractivity contribution in [3.8, 4) is 5.75 Å². The lowest BCUT2D eigenvalue weighted by Crippen LogP contribution is -2.16. The minimum Gasteiger partial charge on any atom is -0.480 e. The average molecular weight is 335 g/mol. The first-order valence-electron chi connectivity index (χ1n) is 6.94. The first kappa shape index (κ1) is 18.1. The Morgan fingerprint density at radius 1 is 1.14 bits per heavy atom. The van der Waals surface area contributed by atoms with Gasteiger partial charge >= 0.3 is 5.97 Å². The highest BCUT2D eigenvalue weighted by molar-refractivity contribution is 6.35. The van der Waals surface area contributed by atoms with Crippen LogP contribution in [0, 0.1) is 0 Å². The van der Waals surface area contributed by atoms with Crippen molar-refractivity contribution in [1.29, 1.82) is 0 Å². The number of benzene rings is 1. The fraction of sp³-hybridized carbons (Fsp3) is 0.533. The molecule has 0 atom stereocenters. The third-order valence-electron chi connectivity index (χ3n) is 2.58. The van der Waals surface area contributed by atoms with E-state index in [0.717, 1.165) is 19.4 Å². The van der Waals surface area contributed by atoms with E-state index in [1.54, 1.807) is 18.2 Å². The van der Waals surface area contributed by atoms with Crippen LogP contribution in [0.15, 0.2) is 18.2 Å². The molecule has 21 heavy (non-hydrogen) atoms. The van der Waals surface area contributed by atoms with Crippen molar-refractivity contribution in [2.45, 2.75) is 26.2 Å². The number of carbonyl (C=O) groups excluding carboxylic acids is 1. The summed E-state index contributed by atoms with van der Waals surface area (Å²) in [4.78, 5) is 11.5. The number of hydrogen-bond donors (Lipinski definition) is 0. The maximum atomic E-state index is 11.5. The molecule has 1 aromatic rings. The van der Waals surface area contributed by atoms with Gasteiger partial charge < -0.3 is 14.2 Å². The van der Waals surface area contributed by atoms with Gasteiger partial charge in [0.25, 0.3) is 0 Å². The van der Waals surface area contributed by atoms with Crippen LogP contribution < -0.4 is 4.74 Å². The average Bonchev–Trinajstić information content (AvgIpc) is 2.45. The zero-order chi connectivity index (χ0) is 15.5. The zero-order valence-electron chi connectivity index (χ0n) is 12.1. The second kappa shape index (κ2) is 10.7. The van der Waals surface area contributed by atoms with E-state index >= 15 is 0 Å². The number of esters is 1. The predicted octanol–water partition coefficient (Wildman–Crippen LogP) is 4.12. The second-order valence-corrected chi connectivity index (χ2v) is 5.25. The van der Waals surface area contributed by atoms with E-state index in [9.17, 15) is 4.79 Å². The normalized spacial score (nSPS) is 10.4. The van der Waals surface area contributed by atoms with Crippen molar-refractivity contribution in [3.63, 3.8) is 0 Å². The molecule has 0 N–H and O–H groups in total. The minimum atomic E-state index is -0.436. The summed E-state index contributed by atoms with van der Waals surface area (Å²) in [7, 11) is 0. The fourth-order valence-corrected chi connectivity index (χ4v) is 1.93. The molecule has 0 fully saturated rings. The van der Waals surface area contributed by atoms with Crippen LogP contribution in [0.4, 0.5) is 0 Å². The van der Waals surface area contributed by atoms with Crippen LogP contribution in [0.1, 0.15) is 26.2 Å². The summed E-state index contributed by atoms with van der Waals surface area (Å²) in [6.45, 7) is 3.60. The highest BCUT2D eigenvalue weighted by Gasteiger charge is 2.07. The molecule has 1 rings (SSSR count). The number of hydrogen-bond acceptors (Lipinski definition) is 4. The van der Waals surface area contributed by atoms with Gasteiger partial charge in [-0.25, -0.2) is 4.79 Å². The van der Waals surface area contributed by atoms with E-state index in [1.807, 2.05) is 0 Å². The number of ether oxygens (including phenoxy) is 3. The molecular formula is C15H20Cl2O4. The van der Waals surface area contributed by atoms with Gasteiger partial charge in [-0.05, 0) is 24.6 Å². The molecular weight excluding hydrogens is 315 g/mol. The molecule has 0 amide bonds. The van der Waals surface area contributed by atoms with Crippen LogP contribution in [0.3, 0.4) is 0 Å². The van der Waals surface area contributed by atoms with Crippen LogP contribution in [0.2, 0.25) is 10.0 Å². The molecule has 0 aliphatic rings. The van der Waals surface area contributed by atoms with E-state index in [2.05, 4.69) is 6.92 Å². The molecule has 0 bridgehead atoms. The maximum absolute atomic E-state index is 11.5. The highest BCUT2D eigenvalue weighted by atomic mass is 35.5. The van der Waals surface area contributed by atoms with Gasteiger partial charge in [0, 0.05) is 24.7 Å². The monoisotopic (exact) mass is 334 g/mol. The lowest BCUT2D eigenvalue weighted by atomic mass is 10.3. The van der Waals surface area contributed by atoms with Crippen molar-refractivity contribution in [1.82, 2.24) is 0 Å². The molecule has 0 saturated heterocycles. The Hall–Kier alpha value is -0.970. The van der Waals surface area contributed by atoms with Gasteiger partial charge in [0.05, 0.1) is 11.6 Å². The standard InChI is InChI=1S/C15H20Cl2O4/c1-2-3-7-19-8-4-9-20-15(18)11-21-14-6-5-12(16)10-13(14)17/h5-6,10H,2-4,7-9,11H2,1H3. The third kappa shape index (κ3) is 8.15. The predicted molar refractivity (Wildman–Crippen MR) is 83.3 cm³/mol. The van der Waals surface area contributed by atoms with E-state index in [0.29, 0.717) is 35.4 Å². The minimum absolute atomic E-state index is 0.182. The first-order chi connectivity index (χ1) is 10.1. The summed E-state index contributed by atoms with van der Waals surface area (Å²) in [6, 6.07) is 4.80. The molecule has 4 nitrogen and oxygen atoms in total. The number of unbranched alkanes of at least 4 members (excludes halogenated alkanes) is 1. The number of halogens is 2. The largest absolute Gasteiger partial charge is 0.480 e.